The summed E-state index contributed by atoms with van der Waals surface area (Å²) in [5, 5.41) is 14.0. The third-order valence-corrected chi connectivity index (χ3v) is 4.48. The van der Waals surface area contributed by atoms with Crippen molar-refractivity contribution in [2.45, 2.75) is 26.0 Å². The predicted octanol–water partition coefficient (Wildman–Crippen LogP) is 2.03. The summed E-state index contributed by atoms with van der Waals surface area (Å²) in [5.74, 6) is -0.142. The molecule has 0 aliphatic carbocycles. The first-order valence-corrected chi connectivity index (χ1v) is 7.50. The van der Waals surface area contributed by atoms with Crippen molar-refractivity contribution in [2.24, 2.45) is 11.7 Å². The van der Waals surface area contributed by atoms with E-state index in [0.717, 1.165) is 15.0 Å². The van der Waals surface area contributed by atoms with Crippen molar-refractivity contribution in [2.75, 3.05) is 6.54 Å². The molecule has 4 N–H and O–H groups in total. The molecule has 0 bridgehead atoms. The number of nitrogens with one attached hydrogen (secondary N) is 1. The van der Waals surface area contributed by atoms with Gasteiger partial charge in [0.1, 0.15) is 6.10 Å². The second-order valence-electron chi connectivity index (χ2n) is 5.22. The molecule has 108 valence electrons. The summed E-state index contributed by atoms with van der Waals surface area (Å²) in [6.07, 6.45) is -0.698. The lowest BCUT2D eigenvalue weighted by atomic mass is 10.1. The van der Waals surface area contributed by atoms with Gasteiger partial charge in [-0.05, 0) is 23.4 Å². The Hall–Kier alpha value is -1.43. The molecule has 2 atom stereocenters. The summed E-state index contributed by atoms with van der Waals surface area (Å²) in [5.41, 5.74) is 5.76. The minimum Gasteiger partial charge on any atom is -0.386 e. The lowest BCUT2D eigenvalue weighted by Crippen LogP contribution is -2.45. The summed E-state index contributed by atoms with van der Waals surface area (Å²) in [7, 11) is 0. The Balaban J connectivity index is 1.98. The van der Waals surface area contributed by atoms with E-state index in [0.29, 0.717) is 0 Å². The normalized spacial score (nSPS) is 14.4. The molecule has 0 radical (unpaired) electrons. The van der Waals surface area contributed by atoms with Crippen LogP contribution in [-0.4, -0.2) is 23.6 Å². The summed E-state index contributed by atoms with van der Waals surface area (Å²) >= 11 is 1.54. The van der Waals surface area contributed by atoms with Crippen LogP contribution < -0.4 is 11.1 Å². The molecular formula is C15H20N2O2S. The van der Waals surface area contributed by atoms with Gasteiger partial charge in [0.2, 0.25) is 5.91 Å². The van der Waals surface area contributed by atoms with E-state index in [1.54, 1.807) is 0 Å². The number of nitrogens with two attached hydrogens (primary N) is 1. The quantitative estimate of drug-likeness (QED) is 0.789. The van der Waals surface area contributed by atoms with E-state index < -0.39 is 12.1 Å². The Morgan fingerprint density at radius 1 is 1.40 bits per heavy atom. The van der Waals surface area contributed by atoms with Gasteiger partial charge >= 0.3 is 0 Å². The maximum Gasteiger partial charge on any atom is 0.237 e. The fourth-order valence-electron chi connectivity index (χ4n) is 1.89. The number of amides is 1. The van der Waals surface area contributed by atoms with Gasteiger partial charge in [-0.2, -0.15) is 0 Å². The Kier molecular flexibility index (Phi) is 4.75. The number of rotatable bonds is 5. The first kappa shape index (κ1) is 15.0. The molecule has 0 saturated heterocycles. The number of hydrogen-bond acceptors (Lipinski definition) is 4. The van der Waals surface area contributed by atoms with Crippen molar-refractivity contribution in [1.29, 1.82) is 0 Å². The SMILES string of the molecule is CC(C)[C@H](N)C(=O)NCC(O)c1cc2ccccc2s1. The average molecular weight is 292 g/mol. The Morgan fingerprint density at radius 3 is 2.75 bits per heavy atom. The van der Waals surface area contributed by atoms with Gasteiger partial charge < -0.3 is 16.2 Å². The molecule has 1 unspecified atom stereocenters. The third-order valence-electron chi connectivity index (χ3n) is 3.26. The van der Waals surface area contributed by atoms with Crippen LogP contribution in [0.25, 0.3) is 10.1 Å². The minimum absolute atomic E-state index is 0.0801. The number of benzene rings is 1. The number of carbonyl (C=O) groups is 1. The van der Waals surface area contributed by atoms with Gasteiger partial charge in [-0.25, -0.2) is 0 Å². The number of thiophene rings is 1. The van der Waals surface area contributed by atoms with Crippen LogP contribution in [0.2, 0.25) is 0 Å². The standard InChI is InChI=1S/C15H20N2O2S/c1-9(2)14(16)15(19)17-8-11(18)13-7-10-5-3-4-6-12(10)20-13/h3-7,9,11,14,18H,8,16H2,1-2H3,(H,17,19)/t11?,14-/m0/s1. The van der Waals surface area contributed by atoms with Gasteiger partial charge in [0, 0.05) is 16.1 Å². The molecule has 1 amide bonds. The molecule has 20 heavy (non-hydrogen) atoms. The zero-order valence-electron chi connectivity index (χ0n) is 11.7. The molecule has 1 aromatic heterocycles. The molecule has 4 nitrogen and oxygen atoms in total. The molecule has 0 aliphatic rings. The molecule has 0 saturated carbocycles. The molecule has 5 heteroatoms. The summed E-state index contributed by atoms with van der Waals surface area (Å²) in [6.45, 7) is 3.98. The summed E-state index contributed by atoms with van der Waals surface area (Å²) < 4.78 is 1.13. The topological polar surface area (TPSA) is 75.4 Å². The van der Waals surface area contributed by atoms with E-state index in [9.17, 15) is 9.90 Å². The van der Waals surface area contributed by atoms with E-state index in [2.05, 4.69) is 5.32 Å². The van der Waals surface area contributed by atoms with E-state index in [1.807, 2.05) is 44.2 Å². The Labute approximate surface area is 122 Å². The van der Waals surface area contributed by atoms with Crippen LogP contribution >= 0.6 is 11.3 Å². The van der Waals surface area contributed by atoms with Crippen molar-refractivity contribution >= 4 is 27.3 Å². The van der Waals surface area contributed by atoms with Crippen molar-refractivity contribution in [3.8, 4) is 0 Å². The van der Waals surface area contributed by atoms with Crippen molar-refractivity contribution in [1.82, 2.24) is 5.32 Å². The number of fused-ring (bicyclic) bond motifs is 1. The lowest BCUT2D eigenvalue weighted by Gasteiger charge is -2.16. The molecule has 2 aromatic rings. The van der Waals surface area contributed by atoms with Crippen LogP contribution in [-0.2, 0) is 4.79 Å². The third kappa shape index (κ3) is 3.36. The van der Waals surface area contributed by atoms with Gasteiger partial charge in [-0.1, -0.05) is 32.0 Å². The van der Waals surface area contributed by atoms with Crippen LogP contribution in [0.5, 0.6) is 0 Å². The first-order valence-electron chi connectivity index (χ1n) is 6.69. The highest BCUT2D eigenvalue weighted by Crippen LogP contribution is 2.29. The highest BCUT2D eigenvalue weighted by Gasteiger charge is 2.19. The summed E-state index contributed by atoms with van der Waals surface area (Å²) in [4.78, 5) is 12.6. The predicted molar refractivity (Wildman–Crippen MR) is 82.6 cm³/mol. The zero-order chi connectivity index (χ0) is 14.7. The number of aliphatic hydroxyl groups excluding tert-OH is 1. The maximum absolute atomic E-state index is 11.7. The zero-order valence-corrected chi connectivity index (χ0v) is 12.5. The van der Waals surface area contributed by atoms with Crippen LogP contribution in [0, 0.1) is 5.92 Å². The van der Waals surface area contributed by atoms with Crippen LogP contribution in [0.1, 0.15) is 24.8 Å². The molecule has 0 aliphatic heterocycles. The van der Waals surface area contributed by atoms with Gasteiger partial charge in [0.25, 0.3) is 0 Å². The monoisotopic (exact) mass is 292 g/mol. The summed E-state index contributed by atoms with van der Waals surface area (Å²) in [6, 6.07) is 9.38. The molecule has 2 rings (SSSR count). The molecular weight excluding hydrogens is 272 g/mol. The fraction of sp³-hybridized carbons (Fsp3) is 0.400. The largest absolute Gasteiger partial charge is 0.386 e. The van der Waals surface area contributed by atoms with Crippen LogP contribution in [0.15, 0.2) is 30.3 Å². The highest BCUT2D eigenvalue weighted by atomic mass is 32.1. The minimum atomic E-state index is -0.698. The van der Waals surface area contributed by atoms with Gasteiger partial charge in [-0.15, -0.1) is 11.3 Å². The first-order chi connectivity index (χ1) is 9.49. The van der Waals surface area contributed by atoms with Crippen LogP contribution in [0.4, 0.5) is 0 Å². The second kappa shape index (κ2) is 6.35. The molecule has 1 aromatic carbocycles. The van der Waals surface area contributed by atoms with Gasteiger partial charge in [-0.3, -0.25) is 4.79 Å². The molecule has 1 heterocycles. The number of carbonyl (C=O) groups excluding carboxylic acids is 1. The van der Waals surface area contributed by atoms with E-state index in [4.69, 9.17) is 5.73 Å². The number of hydrogen-bond donors (Lipinski definition) is 3. The smallest absolute Gasteiger partial charge is 0.237 e. The highest BCUT2D eigenvalue weighted by molar-refractivity contribution is 7.19. The van der Waals surface area contributed by atoms with Gasteiger partial charge in [0.05, 0.1) is 6.04 Å². The van der Waals surface area contributed by atoms with E-state index in [1.165, 1.54) is 11.3 Å². The van der Waals surface area contributed by atoms with Crippen LogP contribution in [0.3, 0.4) is 0 Å². The van der Waals surface area contributed by atoms with Crippen molar-refractivity contribution in [3.63, 3.8) is 0 Å². The average Bonchev–Trinajstić information content (AvgIpc) is 2.87. The second-order valence-corrected chi connectivity index (χ2v) is 6.33. The molecule has 0 spiro atoms. The van der Waals surface area contributed by atoms with E-state index >= 15 is 0 Å². The Bertz CT molecular complexity index is 561. The Morgan fingerprint density at radius 2 is 2.10 bits per heavy atom. The van der Waals surface area contributed by atoms with Crippen molar-refractivity contribution < 1.29 is 9.90 Å². The molecule has 0 fully saturated rings. The fourth-order valence-corrected chi connectivity index (χ4v) is 2.94. The number of aliphatic hydroxyl groups is 1. The van der Waals surface area contributed by atoms with Crippen molar-refractivity contribution in [3.05, 3.63) is 35.2 Å². The maximum atomic E-state index is 11.7. The lowest BCUT2D eigenvalue weighted by molar-refractivity contribution is -0.123. The van der Waals surface area contributed by atoms with Gasteiger partial charge in [0.15, 0.2) is 0 Å². The van der Waals surface area contributed by atoms with E-state index in [-0.39, 0.29) is 18.4 Å².